The van der Waals surface area contributed by atoms with E-state index in [9.17, 15) is 14.7 Å². The van der Waals surface area contributed by atoms with Gasteiger partial charge in [-0.25, -0.2) is 9.59 Å². The van der Waals surface area contributed by atoms with E-state index in [4.69, 9.17) is 5.11 Å². The number of nitrogens with one attached hydrogen (secondary N) is 1. The van der Waals surface area contributed by atoms with E-state index >= 15 is 0 Å². The molecule has 0 bridgehead atoms. The Hall–Kier alpha value is -2.24. The molecule has 0 saturated heterocycles. The van der Waals surface area contributed by atoms with E-state index < -0.39 is 5.97 Å². The fourth-order valence-corrected chi connectivity index (χ4v) is 1.98. The Bertz CT molecular complexity index is 498. The summed E-state index contributed by atoms with van der Waals surface area (Å²) in [7, 11) is 1.69. The molecular weight excluding hydrogens is 260 g/mol. The van der Waals surface area contributed by atoms with Gasteiger partial charge in [-0.15, -0.1) is 0 Å². The number of aromatic carboxylic acids is 1. The van der Waals surface area contributed by atoms with Crippen molar-refractivity contribution in [1.29, 1.82) is 0 Å². The summed E-state index contributed by atoms with van der Waals surface area (Å²) in [5.74, 6) is -1.40. The normalized spacial score (nSPS) is 10.4. The summed E-state index contributed by atoms with van der Waals surface area (Å²) in [6.07, 6.45) is 1.68. The van der Waals surface area contributed by atoms with Gasteiger partial charge in [-0.05, 0) is 31.0 Å². The number of carboxylic acid groups (broad SMARTS) is 1. The summed E-state index contributed by atoms with van der Waals surface area (Å²) >= 11 is 0. The molecule has 20 heavy (non-hydrogen) atoms. The number of urea groups is 1. The number of aromatic hydroxyl groups is 1. The summed E-state index contributed by atoms with van der Waals surface area (Å²) in [4.78, 5) is 24.4. The number of carbonyl (C=O) groups is 2. The number of benzene rings is 1. The first-order valence-electron chi connectivity index (χ1n) is 6.50. The van der Waals surface area contributed by atoms with Gasteiger partial charge in [0.25, 0.3) is 0 Å². The molecule has 0 aliphatic rings. The zero-order chi connectivity index (χ0) is 15.3. The van der Waals surface area contributed by atoms with Crippen LogP contribution in [0.25, 0.3) is 0 Å². The minimum absolute atomic E-state index is 0.0335. The number of anilines is 1. The maximum Gasteiger partial charge on any atom is 0.335 e. The molecule has 0 radical (unpaired) electrons. The minimum Gasteiger partial charge on any atom is -0.506 e. The van der Waals surface area contributed by atoms with Gasteiger partial charge in [-0.3, -0.25) is 0 Å². The molecule has 0 aliphatic carbocycles. The predicted molar refractivity (Wildman–Crippen MR) is 76.2 cm³/mol. The molecule has 6 nitrogen and oxygen atoms in total. The van der Waals surface area contributed by atoms with Gasteiger partial charge >= 0.3 is 12.0 Å². The van der Waals surface area contributed by atoms with Crippen molar-refractivity contribution in [3.63, 3.8) is 0 Å². The molecule has 0 spiro atoms. The molecule has 1 aromatic rings. The molecule has 6 heteroatoms. The van der Waals surface area contributed by atoms with Crippen LogP contribution in [0.2, 0.25) is 0 Å². The summed E-state index contributed by atoms with van der Waals surface area (Å²) in [5.41, 5.74) is 0.159. The van der Waals surface area contributed by atoms with Crippen molar-refractivity contribution < 1.29 is 19.8 Å². The molecule has 0 aromatic heterocycles. The third-order valence-electron chi connectivity index (χ3n) is 3.30. The van der Waals surface area contributed by atoms with Gasteiger partial charge in [0.05, 0.1) is 11.3 Å². The van der Waals surface area contributed by atoms with Crippen LogP contribution in [0.3, 0.4) is 0 Å². The molecule has 0 heterocycles. The molecular formula is C14H20N2O4. The van der Waals surface area contributed by atoms with Crippen LogP contribution in [0.4, 0.5) is 10.5 Å². The average molecular weight is 280 g/mol. The van der Waals surface area contributed by atoms with Crippen LogP contribution in [0.5, 0.6) is 5.75 Å². The van der Waals surface area contributed by atoms with Crippen LogP contribution in [0, 0.1) is 0 Å². The number of hydrogen-bond acceptors (Lipinski definition) is 3. The SMILES string of the molecule is CCC(CC)N(C)C(=O)Nc1ccc(C(=O)O)cc1O. The van der Waals surface area contributed by atoms with Crippen molar-refractivity contribution in [2.45, 2.75) is 32.7 Å². The summed E-state index contributed by atoms with van der Waals surface area (Å²) in [6, 6.07) is 3.59. The van der Waals surface area contributed by atoms with E-state index in [1.807, 2.05) is 13.8 Å². The monoisotopic (exact) mass is 280 g/mol. The lowest BCUT2D eigenvalue weighted by atomic mass is 10.1. The number of rotatable bonds is 5. The Kier molecular flexibility index (Phi) is 5.37. The van der Waals surface area contributed by atoms with Crippen LogP contribution in [-0.4, -0.2) is 40.2 Å². The number of carboxylic acids is 1. The number of phenols is 1. The minimum atomic E-state index is -1.13. The molecule has 0 aliphatic heterocycles. The Morgan fingerprint density at radius 2 is 1.90 bits per heavy atom. The van der Waals surface area contributed by atoms with Crippen LogP contribution in [0.1, 0.15) is 37.0 Å². The Labute approximate surface area is 118 Å². The van der Waals surface area contributed by atoms with E-state index in [0.29, 0.717) is 0 Å². The first kappa shape index (κ1) is 15.8. The smallest absolute Gasteiger partial charge is 0.335 e. The van der Waals surface area contributed by atoms with E-state index in [-0.39, 0.29) is 29.1 Å². The van der Waals surface area contributed by atoms with Gasteiger partial charge < -0.3 is 20.4 Å². The predicted octanol–water partition coefficient (Wildman–Crippen LogP) is 2.74. The van der Waals surface area contributed by atoms with Crippen LogP contribution < -0.4 is 5.32 Å². The molecule has 0 fully saturated rings. The highest BCUT2D eigenvalue weighted by atomic mass is 16.4. The molecule has 0 atom stereocenters. The van der Waals surface area contributed by atoms with E-state index in [1.165, 1.54) is 12.1 Å². The molecule has 0 saturated carbocycles. The second kappa shape index (κ2) is 6.79. The van der Waals surface area contributed by atoms with Crippen molar-refractivity contribution in [2.24, 2.45) is 0 Å². The van der Waals surface area contributed by atoms with Gasteiger partial charge in [-0.1, -0.05) is 13.8 Å². The lowest BCUT2D eigenvalue weighted by Crippen LogP contribution is -2.39. The van der Waals surface area contributed by atoms with E-state index in [2.05, 4.69) is 5.32 Å². The van der Waals surface area contributed by atoms with Gasteiger partial charge in [0.15, 0.2) is 0 Å². The van der Waals surface area contributed by atoms with Crippen LogP contribution in [0.15, 0.2) is 18.2 Å². The lowest BCUT2D eigenvalue weighted by Gasteiger charge is -2.26. The number of nitrogens with zero attached hydrogens (tertiary/aromatic N) is 1. The van der Waals surface area contributed by atoms with Crippen molar-refractivity contribution in [2.75, 3.05) is 12.4 Å². The fraction of sp³-hybridized carbons (Fsp3) is 0.429. The molecule has 110 valence electrons. The molecule has 1 rings (SSSR count). The van der Waals surface area contributed by atoms with E-state index in [1.54, 1.807) is 11.9 Å². The topological polar surface area (TPSA) is 89.9 Å². The first-order chi connectivity index (χ1) is 9.40. The zero-order valence-electron chi connectivity index (χ0n) is 11.9. The Morgan fingerprint density at radius 3 is 2.35 bits per heavy atom. The Balaban J connectivity index is 2.83. The van der Waals surface area contributed by atoms with Crippen LogP contribution in [-0.2, 0) is 0 Å². The van der Waals surface area contributed by atoms with Crippen molar-refractivity contribution >= 4 is 17.7 Å². The molecule has 3 N–H and O–H groups in total. The van der Waals surface area contributed by atoms with Crippen molar-refractivity contribution in [3.05, 3.63) is 23.8 Å². The Morgan fingerprint density at radius 1 is 1.30 bits per heavy atom. The van der Waals surface area contributed by atoms with Crippen molar-refractivity contribution in [3.8, 4) is 5.75 Å². The molecule has 2 amide bonds. The standard InChI is InChI=1S/C14H20N2O4/c1-4-10(5-2)16(3)14(20)15-11-7-6-9(13(18)19)8-12(11)17/h6-8,10,17H,4-5H2,1-3H3,(H,15,20)(H,18,19). The highest BCUT2D eigenvalue weighted by molar-refractivity contribution is 5.93. The van der Waals surface area contributed by atoms with Crippen LogP contribution >= 0.6 is 0 Å². The first-order valence-corrected chi connectivity index (χ1v) is 6.50. The van der Waals surface area contributed by atoms with Crippen molar-refractivity contribution in [1.82, 2.24) is 4.90 Å². The van der Waals surface area contributed by atoms with Gasteiger partial charge in [0, 0.05) is 13.1 Å². The summed E-state index contributed by atoms with van der Waals surface area (Å²) in [5, 5.41) is 21.1. The highest BCUT2D eigenvalue weighted by Gasteiger charge is 2.18. The summed E-state index contributed by atoms with van der Waals surface area (Å²) < 4.78 is 0. The lowest BCUT2D eigenvalue weighted by molar-refractivity contribution is 0.0696. The number of amides is 2. The molecule has 0 unspecified atom stereocenters. The largest absolute Gasteiger partial charge is 0.506 e. The molecule has 1 aromatic carbocycles. The van der Waals surface area contributed by atoms with Gasteiger partial charge in [0.1, 0.15) is 5.75 Å². The second-order valence-electron chi connectivity index (χ2n) is 4.55. The maximum absolute atomic E-state index is 12.0. The highest BCUT2D eigenvalue weighted by Crippen LogP contribution is 2.25. The average Bonchev–Trinajstić information content (AvgIpc) is 2.41. The third-order valence-corrected chi connectivity index (χ3v) is 3.30. The number of carbonyl (C=O) groups excluding carboxylic acids is 1. The zero-order valence-corrected chi connectivity index (χ0v) is 11.9. The van der Waals surface area contributed by atoms with Gasteiger partial charge in [0.2, 0.25) is 0 Å². The second-order valence-corrected chi connectivity index (χ2v) is 4.55. The third kappa shape index (κ3) is 3.63. The number of hydrogen-bond donors (Lipinski definition) is 3. The number of phenolic OH excluding ortho intramolecular Hbond substituents is 1. The fourth-order valence-electron chi connectivity index (χ4n) is 1.98. The van der Waals surface area contributed by atoms with E-state index in [0.717, 1.165) is 18.9 Å². The summed E-state index contributed by atoms with van der Waals surface area (Å²) in [6.45, 7) is 3.99. The maximum atomic E-state index is 12.0. The van der Waals surface area contributed by atoms with Gasteiger partial charge in [-0.2, -0.15) is 0 Å². The quantitative estimate of drug-likeness (QED) is 0.723.